The van der Waals surface area contributed by atoms with Gasteiger partial charge in [0.05, 0.1) is 9.82 Å². The van der Waals surface area contributed by atoms with Crippen LogP contribution in [0.3, 0.4) is 0 Å². The highest BCUT2D eigenvalue weighted by atomic mass is 35.5. The first-order valence-electron chi connectivity index (χ1n) is 5.34. The predicted molar refractivity (Wildman–Crippen MR) is 71.8 cm³/mol. The fraction of sp³-hybridized carbons (Fsp3) is 0.200. The molecule has 100 valence electrons. The minimum atomic E-state index is -0.494. The van der Waals surface area contributed by atoms with Crippen molar-refractivity contribution >= 4 is 29.1 Å². The molecule has 2 N–H and O–H groups in total. The Bertz CT molecular complexity index is 630. The topological polar surface area (TPSA) is 99.9 Å². The second kappa shape index (κ2) is 5.45. The van der Waals surface area contributed by atoms with Crippen molar-refractivity contribution in [1.82, 2.24) is 14.9 Å². The summed E-state index contributed by atoms with van der Waals surface area (Å²) in [4.78, 5) is 10.9. The summed E-state index contributed by atoms with van der Waals surface area (Å²) in [6.07, 6.45) is 0.632. The molecule has 0 saturated heterocycles. The number of nitrogens with two attached hydrogens (primary N) is 1. The van der Waals surface area contributed by atoms with Gasteiger partial charge in [-0.3, -0.25) is 10.1 Å². The van der Waals surface area contributed by atoms with Gasteiger partial charge < -0.3 is 5.84 Å². The first kappa shape index (κ1) is 13.6. The van der Waals surface area contributed by atoms with Crippen molar-refractivity contribution in [2.24, 2.45) is 0 Å². The molecule has 0 amide bonds. The van der Waals surface area contributed by atoms with Crippen molar-refractivity contribution in [3.8, 4) is 0 Å². The molecule has 9 heteroatoms. The number of hydrogen-bond acceptors (Lipinski definition) is 6. The molecule has 1 heterocycles. The highest BCUT2D eigenvalue weighted by molar-refractivity contribution is 7.99. The third-order valence-electron chi connectivity index (χ3n) is 2.37. The first-order chi connectivity index (χ1) is 9.02. The number of aromatic nitrogens is 3. The summed E-state index contributed by atoms with van der Waals surface area (Å²) in [5.74, 6) is 6.40. The van der Waals surface area contributed by atoms with Gasteiger partial charge in [0.1, 0.15) is 0 Å². The lowest BCUT2D eigenvalue weighted by Gasteiger charge is -2.03. The van der Waals surface area contributed by atoms with Crippen LogP contribution in [0.15, 0.2) is 28.3 Å². The standard InChI is InChI=1S/C10H10ClN5O2S/c1-2-9-13-14-10(15(9)12)19-8-4-3-6(11)5-7(8)16(17)18/h3-5H,2,12H2,1H3. The van der Waals surface area contributed by atoms with Gasteiger partial charge in [0.25, 0.3) is 5.69 Å². The second-order valence-electron chi connectivity index (χ2n) is 3.59. The smallest absolute Gasteiger partial charge is 0.284 e. The Kier molecular flexibility index (Phi) is 3.91. The molecule has 0 aliphatic rings. The van der Waals surface area contributed by atoms with Crippen LogP contribution in [0, 0.1) is 10.1 Å². The van der Waals surface area contributed by atoms with Crippen molar-refractivity contribution in [3.63, 3.8) is 0 Å². The van der Waals surface area contributed by atoms with Gasteiger partial charge in [0, 0.05) is 17.5 Å². The minimum absolute atomic E-state index is 0.0847. The average Bonchev–Trinajstić information content (AvgIpc) is 2.72. The van der Waals surface area contributed by atoms with Crippen molar-refractivity contribution in [1.29, 1.82) is 0 Å². The van der Waals surface area contributed by atoms with Crippen LogP contribution in [-0.2, 0) is 6.42 Å². The predicted octanol–water partition coefficient (Wildman–Crippen LogP) is 2.27. The number of benzene rings is 1. The Balaban J connectivity index is 2.37. The zero-order valence-electron chi connectivity index (χ0n) is 9.91. The van der Waals surface area contributed by atoms with Crippen LogP contribution in [0.2, 0.25) is 5.02 Å². The Labute approximate surface area is 117 Å². The van der Waals surface area contributed by atoms with Gasteiger partial charge in [0.2, 0.25) is 5.16 Å². The van der Waals surface area contributed by atoms with Gasteiger partial charge in [-0.05, 0) is 23.9 Å². The lowest BCUT2D eigenvalue weighted by Crippen LogP contribution is -2.13. The van der Waals surface area contributed by atoms with Crippen LogP contribution in [0.5, 0.6) is 0 Å². The van der Waals surface area contributed by atoms with Crippen LogP contribution < -0.4 is 5.84 Å². The molecule has 0 aliphatic carbocycles. The molecule has 0 saturated carbocycles. The van der Waals surface area contributed by atoms with Crippen LogP contribution in [0.25, 0.3) is 0 Å². The number of nitrogen functional groups attached to an aromatic ring is 1. The monoisotopic (exact) mass is 299 g/mol. The van der Waals surface area contributed by atoms with Crippen molar-refractivity contribution < 1.29 is 4.92 Å². The lowest BCUT2D eigenvalue weighted by atomic mass is 10.3. The van der Waals surface area contributed by atoms with Gasteiger partial charge in [-0.1, -0.05) is 18.5 Å². The zero-order valence-corrected chi connectivity index (χ0v) is 11.5. The average molecular weight is 300 g/mol. The van der Waals surface area contributed by atoms with E-state index < -0.39 is 4.92 Å². The number of nitro groups is 1. The molecule has 2 rings (SSSR count). The summed E-state index contributed by atoms with van der Waals surface area (Å²) in [5, 5.41) is 19.5. The number of nitro benzene ring substituents is 1. The molecular formula is C10H10ClN5O2S. The van der Waals surface area contributed by atoms with Crippen LogP contribution in [0.4, 0.5) is 5.69 Å². The fourth-order valence-corrected chi connectivity index (χ4v) is 2.46. The molecule has 0 radical (unpaired) electrons. The molecular weight excluding hydrogens is 290 g/mol. The van der Waals surface area contributed by atoms with E-state index >= 15 is 0 Å². The summed E-state index contributed by atoms with van der Waals surface area (Å²) in [5.41, 5.74) is -0.0847. The summed E-state index contributed by atoms with van der Waals surface area (Å²) in [6.45, 7) is 1.90. The van der Waals surface area contributed by atoms with E-state index in [0.717, 1.165) is 11.8 Å². The van der Waals surface area contributed by atoms with Gasteiger partial charge >= 0.3 is 0 Å². The maximum atomic E-state index is 11.0. The second-order valence-corrected chi connectivity index (χ2v) is 5.04. The third kappa shape index (κ3) is 2.79. The number of hydrogen-bond donors (Lipinski definition) is 1. The van der Waals surface area contributed by atoms with Gasteiger partial charge in [-0.25, -0.2) is 4.68 Å². The van der Waals surface area contributed by atoms with E-state index in [1.54, 1.807) is 12.1 Å². The maximum Gasteiger partial charge on any atom is 0.284 e. The number of nitrogens with zero attached hydrogens (tertiary/aromatic N) is 4. The van der Waals surface area contributed by atoms with E-state index in [1.165, 1.54) is 10.7 Å². The molecule has 0 fully saturated rings. The minimum Gasteiger partial charge on any atom is -0.336 e. The van der Waals surface area contributed by atoms with E-state index in [2.05, 4.69) is 10.2 Å². The lowest BCUT2D eigenvalue weighted by molar-refractivity contribution is -0.387. The summed E-state index contributed by atoms with van der Waals surface area (Å²) >= 11 is 6.83. The highest BCUT2D eigenvalue weighted by Crippen LogP contribution is 2.35. The molecule has 1 aromatic carbocycles. The Morgan fingerprint density at radius 1 is 1.53 bits per heavy atom. The SMILES string of the molecule is CCc1nnc(Sc2ccc(Cl)cc2[N+](=O)[O-])n1N. The fourth-order valence-electron chi connectivity index (χ4n) is 1.44. The molecule has 7 nitrogen and oxygen atoms in total. The van der Waals surface area contributed by atoms with Crippen LogP contribution in [0.1, 0.15) is 12.7 Å². The quantitative estimate of drug-likeness (QED) is 0.528. The van der Waals surface area contributed by atoms with E-state index in [4.69, 9.17) is 17.4 Å². The normalized spacial score (nSPS) is 10.6. The first-order valence-corrected chi connectivity index (χ1v) is 6.53. The molecule has 19 heavy (non-hydrogen) atoms. The number of rotatable bonds is 4. The molecule has 0 aliphatic heterocycles. The van der Waals surface area contributed by atoms with Crippen LogP contribution >= 0.6 is 23.4 Å². The number of aryl methyl sites for hydroxylation is 1. The van der Waals surface area contributed by atoms with E-state index in [-0.39, 0.29) is 5.69 Å². The summed E-state index contributed by atoms with van der Waals surface area (Å²) in [7, 11) is 0. The third-order valence-corrected chi connectivity index (χ3v) is 3.63. The molecule has 0 spiro atoms. The van der Waals surface area contributed by atoms with Crippen molar-refractivity contribution in [2.75, 3.05) is 5.84 Å². The Morgan fingerprint density at radius 3 is 2.84 bits per heavy atom. The van der Waals surface area contributed by atoms with E-state index in [0.29, 0.717) is 27.3 Å². The summed E-state index contributed by atoms with van der Waals surface area (Å²) < 4.78 is 1.32. The summed E-state index contributed by atoms with van der Waals surface area (Å²) in [6, 6.07) is 4.43. The number of halogens is 1. The van der Waals surface area contributed by atoms with Gasteiger partial charge in [-0.15, -0.1) is 10.2 Å². The molecule has 0 atom stereocenters. The van der Waals surface area contributed by atoms with Gasteiger partial charge in [0.15, 0.2) is 5.82 Å². The Morgan fingerprint density at radius 2 is 2.26 bits per heavy atom. The molecule has 2 aromatic rings. The molecule has 1 aromatic heterocycles. The van der Waals surface area contributed by atoms with Crippen molar-refractivity contribution in [2.45, 2.75) is 23.4 Å². The zero-order chi connectivity index (χ0) is 14.0. The van der Waals surface area contributed by atoms with E-state index in [1.807, 2.05) is 6.92 Å². The van der Waals surface area contributed by atoms with Crippen molar-refractivity contribution in [3.05, 3.63) is 39.2 Å². The maximum absolute atomic E-state index is 11.0. The van der Waals surface area contributed by atoms with Gasteiger partial charge in [-0.2, -0.15) is 0 Å². The largest absolute Gasteiger partial charge is 0.336 e. The Hall–Kier alpha value is -1.80. The van der Waals surface area contributed by atoms with Crippen LogP contribution in [-0.4, -0.2) is 19.8 Å². The highest BCUT2D eigenvalue weighted by Gasteiger charge is 2.18. The van der Waals surface area contributed by atoms with E-state index in [9.17, 15) is 10.1 Å². The molecule has 0 bridgehead atoms. The molecule has 0 unspecified atom stereocenters.